The molecule has 0 saturated heterocycles. The minimum Gasteiger partial charge on any atom is -0.458 e. The van der Waals surface area contributed by atoms with Gasteiger partial charge >= 0.3 is 11.9 Å². The van der Waals surface area contributed by atoms with Gasteiger partial charge < -0.3 is 29.9 Å². The van der Waals surface area contributed by atoms with Crippen LogP contribution in [0.3, 0.4) is 0 Å². The van der Waals surface area contributed by atoms with Gasteiger partial charge in [-0.1, -0.05) is 32.9 Å². The third kappa shape index (κ3) is 3.03. The first-order chi connectivity index (χ1) is 15.2. The van der Waals surface area contributed by atoms with Crippen LogP contribution < -0.4 is 0 Å². The molecule has 4 aliphatic carbocycles. The fourth-order valence-electron chi connectivity index (χ4n) is 7.88. The lowest BCUT2D eigenvalue weighted by Crippen LogP contribution is -2.65. The number of carbonyl (C=O) groups excluding carboxylic acids is 2. The van der Waals surface area contributed by atoms with E-state index >= 15 is 0 Å². The zero-order chi connectivity index (χ0) is 24.7. The number of carbonyl (C=O) groups is 2. The fraction of sp³-hybridized carbons (Fsp3) is 0.840. The normalized spacial score (nSPS) is 50.2. The highest BCUT2D eigenvalue weighted by atomic mass is 16.6. The Kier molecular flexibility index (Phi) is 5.61. The Balaban J connectivity index is 2.01. The Hall–Kier alpha value is -1.48. The average Bonchev–Trinajstić information content (AvgIpc) is 2.93. The Morgan fingerprint density at radius 1 is 1.06 bits per heavy atom. The lowest BCUT2D eigenvalue weighted by molar-refractivity contribution is -0.240. The van der Waals surface area contributed by atoms with Gasteiger partial charge in [-0.05, 0) is 38.5 Å². The second-order valence-corrected chi connectivity index (χ2v) is 11.5. The second-order valence-electron chi connectivity index (χ2n) is 11.5. The van der Waals surface area contributed by atoms with Crippen LogP contribution in [0.15, 0.2) is 12.2 Å². The number of ether oxygens (including phenoxy) is 2. The van der Waals surface area contributed by atoms with E-state index in [4.69, 9.17) is 9.47 Å². The van der Waals surface area contributed by atoms with Crippen molar-refractivity contribution in [1.29, 1.82) is 0 Å². The number of hydrogen-bond donors (Lipinski definition) is 4. The lowest BCUT2D eigenvalue weighted by atomic mass is 9.59. The van der Waals surface area contributed by atoms with E-state index < -0.39 is 76.1 Å². The molecule has 0 aromatic rings. The molecule has 4 rings (SSSR count). The topological polar surface area (TPSA) is 134 Å². The van der Waals surface area contributed by atoms with Crippen LogP contribution in [-0.4, -0.2) is 68.0 Å². The van der Waals surface area contributed by atoms with Gasteiger partial charge in [0.25, 0.3) is 0 Å². The van der Waals surface area contributed by atoms with E-state index in [2.05, 4.69) is 6.58 Å². The summed E-state index contributed by atoms with van der Waals surface area (Å²) in [6, 6.07) is 0. The summed E-state index contributed by atoms with van der Waals surface area (Å²) in [5.74, 6) is -2.73. The van der Waals surface area contributed by atoms with Crippen molar-refractivity contribution in [2.75, 3.05) is 0 Å². The molecular formula is C25H38O8. The number of aliphatic hydroxyl groups excluding tert-OH is 2. The largest absolute Gasteiger partial charge is 0.458 e. The van der Waals surface area contributed by atoms with Crippen LogP contribution in [0.4, 0.5) is 0 Å². The average molecular weight is 467 g/mol. The number of rotatable bonds is 3. The van der Waals surface area contributed by atoms with Crippen LogP contribution in [0, 0.1) is 28.6 Å². The first-order valence-corrected chi connectivity index (χ1v) is 12.0. The molecule has 0 unspecified atom stereocenters. The van der Waals surface area contributed by atoms with Crippen LogP contribution in [0.5, 0.6) is 0 Å². The van der Waals surface area contributed by atoms with Crippen molar-refractivity contribution < 1.29 is 39.5 Å². The van der Waals surface area contributed by atoms with Crippen molar-refractivity contribution in [1.82, 2.24) is 0 Å². The van der Waals surface area contributed by atoms with Gasteiger partial charge in [0.05, 0.1) is 17.8 Å². The van der Waals surface area contributed by atoms with Crippen LogP contribution in [0.2, 0.25) is 0 Å². The predicted octanol–water partition coefficient (Wildman–Crippen LogP) is 1.48. The maximum atomic E-state index is 12.7. The van der Waals surface area contributed by atoms with Crippen LogP contribution in [0.1, 0.15) is 66.7 Å². The van der Waals surface area contributed by atoms with E-state index in [9.17, 15) is 30.0 Å². The number of fused-ring (bicyclic) bond motifs is 2. The monoisotopic (exact) mass is 466 g/mol. The SMILES string of the molecule is C=C1[C@@H]2CC[C@@H]3[C@@H](O)[C@]2(C[C@@]3(C)O)[C@H](OC(=O)CC)[C@@H](OC(C)=O)[C@@]2(O)[C@H]1C[C@H](O)C2(C)C. The standard InChI is InChI=1S/C25H38O8/c1-7-18(28)33-20-21(32-13(3)26)25(31)16(10-17(27)22(25,4)5)12(2)14-8-9-15-19(29)24(14,20)11-23(15,6)30/h14-17,19-21,27,29-31H,2,7-11H2,1,3-6H3/t14-,15+,16-,17-,19+,20+,21+,23+,24+,25-/m0/s1. The predicted molar refractivity (Wildman–Crippen MR) is 118 cm³/mol. The highest BCUT2D eigenvalue weighted by Crippen LogP contribution is 2.69. The van der Waals surface area contributed by atoms with Crippen molar-refractivity contribution in [3.05, 3.63) is 12.2 Å². The lowest BCUT2D eigenvalue weighted by Gasteiger charge is -2.51. The molecule has 186 valence electrons. The molecule has 8 heteroatoms. The summed E-state index contributed by atoms with van der Waals surface area (Å²) in [5, 5.41) is 46.3. The summed E-state index contributed by atoms with van der Waals surface area (Å²) in [6.45, 7) is 12.3. The van der Waals surface area contributed by atoms with E-state index in [0.717, 1.165) is 0 Å². The summed E-state index contributed by atoms with van der Waals surface area (Å²) < 4.78 is 11.7. The Labute approximate surface area is 195 Å². The molecular weight excluding hydrogens is 428 g/mol. The molecule has 10 atom stereocenters. The van der Waals surface area contributed by atoms with Gasteiger partial charge in [-0.15, -0.1) is 0 Å². The van der Waals surface area contributed by atoms with E-state index in [-0.39, 0.29) is 19.3 Å². The molecule has 0 aromatic heterocycles. The molecule has 2 bridgehead atoms. The van der Waals surface area contributed by atoms with Gasteiger partial charge in [-0.2, -0.15) is 0 Å². The van der Waals surface area contributed by atoms with E-state index in [1.165, 1.54) is 6.92 Å². The van der Waals surface area contributed by atoms with Crippen LogP contribution in [-0.2, 0) is 19.1 Å². The Morgan fingerprint density at radius 2 is 1.70 bits per heavy atom. The number of esters is 2. The van der Waals surface area contributed by atoms with Crippen molar-refractivity contribution in [2.24, 2.45) is 28.6 Å². The third-order valence-electron chi connectivity index (χ3n) is 9.64. The molecule has 0 heterocycles. The highest BCUT2D eigenvalue weighted by Gasteiger charge is 2.77. The second kappa shape index (κ2) is 7.51. The molecule has 4 fully saturated rings. The molecule has 0 amide bonds. The zero-order valence-electron chi connectivity index (χ0n) is 20.2. The quantitative estimate of drug-likeness (QED) is 0.363. The maximum absolute atomic E-state index is 12.7. The van der Waals surface area contributed by atoms with Gasteiger partial charge in [-0.3, -0.25) is 9.59 Å². The van der Waals surface area contributed by atoms with Crippen molar-refractivity contribution >= 4 is 11.9 Å². The number of aliphatic hydroxyl groups is 4. The molecule has 33 heavy (non-hydrogen) atoms. The van der Waals surface area contributed by atoms with Gasteiger partial charge in [0.2, 0.25) is 0 Å². The zero-order valence-corrected chi connectivity index (χ0v) is 20.2. The van der Waals surface area contributed by atoms with Gasteiger partial charge in [0.15, 0.2) is 12.2 Å². The third-order valence-corrected chi connectivity index (χ3v) is 9.64. The van der Waals surface area contributed by atoms with Gasteiger partial charge in [-0.25, -0.2) is 0 Å². The van der Waals surface area contributed by atoms with E-state index in [1.807, 2.05) is 0 Å². The van der Waals surface area contributed by atoms with Gasteiger partial charge in [0, 0.05) is 36.0 Å². The Bertz CT molecular complexity index is 864. The van der Waals surface area contributed by atoms with Crippen LogP contribution in [0.25, 0.3) is 0 Å². The first-order valence-electron chi connectivity index (χ1n) is 12.0. The van der Waals surface area contributed by atoms with Crippen molar-refractivity contribution in [2.45, 2.75) is 102 Å². The van der Waals surface area contributed by atoms with Crippen LogP contribution >= 0.6 is 0 Å². The first kappa shape index (κ1) is 24.6. The molecule has 4 N–H and O–H groups in total. The van der Waals surface area contributed by atoms with Crippen molar-refractivity contribution in [3.8, 4) is 0 Å². The summed E-state index contributed by atoms with van der Waals surface area (Å²) in [7, 11) is 0. The highest BCUT2D eigenvalue weighted by molar-refractivity contribution is 5.70. The minimum absolute atomic E-state index is 0.0504. The molecule has 0 aromatic carbocycles. The van der Waals surface area contributed by atoms with Crippen molar-refractivity contribution in [3.63, 3.8) is 0 Å². The van der Waals surface area contributed by atoms with E-state index in [1.54, 1.807) is 27.7 Å². The molecule has 4 aliphatic rings. The fourth-order valence-corrected chi connectivity index (χ4v) is 7.88. The summed E-state index contributed by atoms with van der Waals surface area (Å²) in [4.78, 5) is 25.0. The summed E-state index contributed by atoms with van der Waals surface area (Å²) in [6.07, 6.45) is -3.05. The molecule has 0 radical (unpaired) electrons. The van der Waals surface area contributed by atoms with Gasteiger partial charge in [0.1, 0.15) is 5.60 Å². The maximum Gasteiger partial charge on any atom is 0.305 e. The number of hydrogen-bond acceptors (Lipinski definition) is 8. The Morgan fingerprint density at radius 3 is 2.27 bits per heavy atom. The minimum atomic E-state index is -1.80. The molecule has 0 aliphatic heterocycles. The molecule has 1 spiro atoms. The molecule has 4 saturated carbocycles. The summed E-state index contributed by atoms with van der Waals surface area (Å²) >= 11 is 0. The van der Waals surface area contributed by atoms with E-state index in [0.29, 0.717) is 18.4 Å². The smallest absolute Gasteiger partial charge is 0.305 e. The summed E-state index contributed by atoms with van der Waals surface area (Å²) in [5.41, 5.74) is -4.71. The molecule has 8 nitrogen and oxygen atoms in total.